The molecule has 0 amide bonds. The van der Waals surface area contributed by atoms with E-state index in [0.717, 1.165) is 22.3 Å². The van der Waals surface area contributed by atoms with Crippen LogP contribution in [0.15, 0.2) is 71.6 Å². The second-order valence-corrected chi connectivity index (χ2v) is 9.58. The lowest BCUT2D eigenvalue weighted by Crippen LogP contribution is -2.30. The lowest BCUT2D eigenvalue weighted by molar-refractivity contribution is 0.406. The van der Waals surface area contributed by atoms with E-state index in [2.05, 4.69) is 4.72 Å². The summed E-state index contributed by atoms with van der Waals surface area (Å²) in [6.07, 6.45) is 0. The van der Waals surface area contributed by atoms with E-state index >= 15 is 0 Å². The first-order valence-corrected chi connectivity index (χ1v) is 11.5. The number of ether oxygens (including phenoxy) is 1. The van der Waals surface area contributed by atoms with Gasteiger partial charge in [-0.2, -0.15) is 4.72 Å². The zero-order chi connectivity index (χ0) is 21.9. The number of benzene rings is 3. The van der Waals surface area contributed by atoms with Gasteiger partial charge in [-0.25, -0.2) is 8.42 Å². The molecule has 0 spiro atoms. The van der Waals surface area contributed by atoms with Gasteiger partial charge in [-0.3, -0.25) is 0 Å². The number of hydrogen-bond acceptors (Lipinski definition) is 3. The highest BCUT2D eigenvalue weighted by Crippen LogP contribution is 2.33. The van der Waals surface area contributed by atoms with Gasteiger partial charge in [-0.1, -0.05) is 74.0 Å². The van der Waals surface area contributed by atoms with Crippen molar-refractivity contribution in [3.05, 3.63) is 94.5 Å². The van der Waals surface area contributed by atoms with Gasteiger partial charge in [-0.15, -0.1) is 0 Å². The largest absolute Gasteiger partial charge is 0.496 e. The summed E-state index contributed by atoms with van der Waals surface area (Å²) in [7, 11) is -2.18. The van der Waals surface area contributed by atoms with Crippen LogP contribution >= 0.6 is 0 Å². The van der Waals surface area contributed by atoms with Crippen molar-refractivity contribution in [2.75, 3.05) is 7.11 Å². The molecule has 1 N–H and O–H groups in total. The first kappa shape index (κ1) is 22.1. The van der Waals surface area contributed by atoms with E-state index in [9.17, 15) is 8.42 Å². The second-order valence-electron chi connectivity index (χ2n) is 7.89. The lowest BCUT2D eigenvalue weighted by Gasteiger charge is -2.22. The van der Waals surface area contributed by atoms with Crippen molar-refractivity contribution in [3.8, 4) is 5.75 Å². The van der Waals surface area contributed by atoms with Gasteiger partial charge in [-0.05, 0) is 54.2 Å². The highest BCUT2D eigenvalue weighted by atomic mass is 32.2. The zero-order valence-electron chi connectivity index (χ0n) is 18.1. The van der Waals surface area contributed by atoms with E-state index < -0.39 is 16.1 Å². The topological polar surface area (TPSA) is 55.4 Å². The third-order valence-corrected chi connectivity index (χ3v) is 6.79. The van der Waals surface area contributed by atoms with Crippen LogP contribution in [-0.4, -0.2) is 15.5 Å². The number of hydrogen-bond donors (Lipinski definition) is 1. The van der Waals surface area contributed by atoms with E-state index in [0.29, 0.717) is 11.3 Å². The predicted octanol–water partition coefficient (Wildman–Crippen LogP) is 5.50. The fourth-order valence-corrected chi connectivity index (χ4v) is 5.11. The summed E-state index contributed by atoms with van der Waals surface area (Å²) in [5, 5.41) is 0. The SMILES string of the molecule is COc1cc(C)c(S(=O)(=O)NC(c2ccccc2)c2cccc(C)c2)cc1C(C)C. The van der Waals surface area contributed by atoms with Gasteiger partial charge >= 0.3 is 0 Å². The van der Waals surface area contributed by atoms with Crippen LogP contribution in [0.1, 0.15) is 53.6 Å². The Kier molecular flexibility index (Phi) is 6.64. The highest BCUT2D eigenvalue weighted by Gasteiger charge is 2.26. The van der Waals surface area contributed by atoms with Crippen LogP contribution in [0.2, 0.25) is 0 Å². The van der Waals surface area contributed by atoms with E-state index in [-0.39, 0.29) is 10.8 Å². The molecule has 158 valence electrons. The number of sulfonamides is 1. The number of aryl methyl sites for hydroxylation is 2. The van der Waals surface area contributed by atoms with Gasteiger partial charge in [0.15, 0.2) is 0 Å². The Morgan fingerprint density at radius 2 is 1.53 bits per heavy atom. The number of methoxy groups -OCH3 is 1. The molecule has 0 saturated heterocycles. The van der Waals surface area contributed by atoms with Gasteiger partial charge < -0.3 is 4.74 Å². The smallest absolute Gasteiger partial charge is 0.241 e. The van der Waals surface area contributed by atoms with Crippen LogP contribution in [0.4, 0.5) is 0 Å². The van der Waals surface area contributed by atoms with Gasteiger partial charge in [0.2, 0.25) is 10.0 Å². The Hall–Kier alpha value is -2.63. The summed E-state index contributed by atoms with van der Waals surface area (Å²) in [4.78, 5) is 0.278. The van der Waals surface area contributed by atoms with Crippen molar-refractivity contribution in [1.82, 2.24) is 4.72 Å². The molecule has 1 atom stereocenters. The van der Waals surface area contributed by atoms with E-state index in [1.54, 1.807) is 26.2 Å². The van der Waals surface area contributed by atoms with Gasteiger partial charge in [0.1, 0.15) is 5.75 Å². The molecular weight excluding hydrogens is 394 g/mol. The maximum Gasteiger partial charge on any atom is 0.241 e. The first-order chi connectivity index (χ1) is 14.2. The van der Waals surface area contributed by atoms with Crippen LogP contribution in [0.3, 0.4) is 0 Å². The molecule has 0 bridgehead atoms. The minimum atomic E-state index is -3.79. The summed E-state index contributed by atoms with van der Waals surface area (Å²) in [5.74, 6) is 0.843. The number of rotatable bonds is 7. The molecule has 0 aliphatic heterocycles. The molecule has 3 aromatic rings. The highest BCUT2D eigenvalue weighted by molar-refractivity contribution is 7.89. The predicted molar refractivity (Wildman–Crippen MR) is 122 cm³/mol. The molecule has 0 aromatic heterocycles. The monoisotopic (exact) mass is 423 g/mol. The Bertz CT molecular complexity index is 1120. The average molecular weight is 424 g/mol. The van der Waals surface area contributed by atoms with Crippen molar-refractivity contribution in [2.24, 2.45) is 0 Å². The summed E-state index contributed by atoms with van der Waals surface area (Å²) in [6, 6.07) is 20.6. The summed E-state index contributed by atoms with van der Waals surface area (Å²) in [6.45, 7) is 7.85. The molecule has 0 aliphatic carbocycles. The molecule has 4 nitrogen and oxygen atoms in total. The van der Waals surface area contributed by atoms with Gasteiger partial charge in [0.05, 0.1) is 18.0 Å². The van der Waals surface area contributed by atoms with Gasteiger partial charge in [0, 0.05) is 0 Å². The van der Waals surface area contributed by atoms with Crippen molar-refractivity contribution in [3.63, 3.8) is 0 Å². The first-order valence-electron chi connectivity index (χ1n) is 10.1. The minimum absolute atomic E-state index is 0.135. The molecule has 3 aromatic carbocycles. The summed E-state index contributed by atoms with van der Waals surface area (Å²) >= 11 is 0. The van der Waals surface area contributed by atoms with Crippen molar-refractivity contribution in [1.29, 1.82) is 0 Å². The fourth-order valence-electron chi connectivity index (χ4n) is 3.64. The molecule has 3 rings (SSSR count). The van der Waals surface area contributed by atoms with Crippen LogP contribution < -0.4 is 9.46 Å². The van der Waals surface area contributed by atoms with Crippen LogP contribution in [0, 0.1) is 13.8 Å². The standard InChI is InChI=1S/C25H29NO3S/c1-17(2)22-16-24(19(4)15-23(22)29-5)30(27,28)26-25(20-11-7-6-8-12-20)21-13-9-10-18(3)14-21/h6-17,25-26H,1-5H3. The summed E-state index contributed by atoms with van der Waals surface area (Å²) in [5.41, 5.74) is 4.40. The van der Waals surface area contributed by atoms with E-state index in [1.807, 2.05) is 75.4 Å². The average Bonchev–Trinajstić information content (AvgIpc) is 2.72. The van der Waals surface area contributed by atoms with Crippen molar-refractivity contribution >= 4 is 10.0 Å². The number of nitrogens with one attached hydrogen (secondary N) is 1. The van der Waals surface area contributed by atoms with E-state index in [1.165, 1.54) is 0 Å². The molecule has 30 heavy (non-hydrogen) atoms. The Labute approximate surface area is 180 Å². The molecule has 5 heteroatoms. The second kappa shape index (κ2) is 9.02. The molecule has 0 saturated carbocycles. The van der Waals surface area contributed by atoms with Crippen molar-refractivity contribution in [2.45, 2.75) is 44.6 Å². The third kappa shape index (κ3) is 4.74. The molecule has 0 radical (unpaired) electrons. The quantitative estimate of drug-likeness (QED) is 0.546. The van der Waals surface area contributed by atoms with Gasteiger partial charge in [0.25, 0.3) is 0 Å². The Morgan fingerprint density at radius 3 is 2.13 bits per heavy atom. The van der Waals surface area contributed by atoms with Crippen LogP contribution in [-0.2, 0) is 10.0 Å². The lowest BCUT2D eigenvalue weighted by atomic mass is 9.98. The van der Waals surface area contributed by atoms with E-state index in [4.69, 9.17) is 4.74 Å². The normalized spacial score (nSPS) is 12.7. The molecule has 0 fully saturated rings. The summed E-state index contributed by atoms with van der Waals surface area (Å²) < 4.78 is 35.5. The molecule has 0 heterocycles. The fraction of sp³-hybridized carbons (Fsp3) is 0.280. The minimum Gasteiger partial charge on any atom is -0.496 e. The Morgan fingerprint density at radius 1 is 0.867 bits per heavy atom. The Balaban J connectivity index is 2.09. The van der Waals surface area contributed by atoms with Crippen molar-refractivity contribution < 1.29 is 13.2 Å². The zero-order valence-corrected chi connectivity index (χ0v) is 19.0. The maximum atomic E-state index is 13.5. The third-order valence-electron chi connectivity index (χ3n) is 5.22. The molecule has 0 aliphatic rings. The molecular formula is C25H29NO3S. The van der Waals surface area contributed by atoms with Crippen LogP contribution in [0.5, 0.6) is 5.75 Å². The van der Waals surface area contributed by atoms with Crippen LogP contribution in [0.25, 0.3) is 0 Å². The maximum absolute atomic E-state index is 13.5. The molecule has 1 unspecified atom stereocenters.